The van der Waals surface area contributed by atoms with Gasteiger partial charge in [0, 0.05) is 5.02 Å². The van der Waals surface area contributed by atoms with Gasteiger partial charge in [-0.3, -0.25) is 0 Å². The Balaban J connectivity index is 2.71. The van der Waals surface area contributed by atoms with Crippen LogP contribution in [-0.2, 0) is 6.42 Å². The van der Waals surface area contributed by atoms with Crippen molar-refractivity contribution in [2.45, 2.75) is 19.4 Å². The normalized spacial score (nSPS) is 13.0. The first-order valence-electron chi connectivity index (χ1n) is 3.61. The highest BCUT2D eigenvalue weighted by atomic mass is 35.5. The number of halogens is 1. The van der Waals surface area contributed by atoms with Crippen LogP contribution in [0.4, 0.5) is 0 Å². The average Bonchev–Trinajstić information content (AvgIpc) is 1.85. The fourth-order valence-electron chi connectivity index (χ4n) is 1.01. The lowest BCUT2D eigenvalue weighted by molar-refractivity contribution is 0.195. The molecule has 11 heavy (non-hydrogen) atoms. The van der Waals surface area contributed by atoms with Gasteiger partial charge < -0.3 is 5.11 Å². The van der Waals surface area contributed by atoms with Crippen molar-refractivity contribution in [3.8, 4) is 0 Å². The van der Waals surface area contributed by atoms with Crippen molar-refractivity contribution in [1.82, 2.24) is 0 Å². The third-order valence-corrected chi connectivity index (χ3v) is 1.66. The van der Waals surface area contributed by atoms with Crippen LogP contribution in [0.1, 0.15) is 12.5 Å². The molecule has 0 saturated carbocycles. The van der Waals surface area contributed by atoms with E-state index in [0.717, 1.165) is 10.6 Å². The minimum Gasteiger partial charge on any atom is -0.393 e. The highest BCUT2D eigenvalue weighted by Gasteiger charge is 1.98. The Morgan fingerprint density at radius 2 is 2.27 bits per heavy atom. The van der Waals surface area contributed by atoms with E-state index in [1.807, 2.05) is 24.3 Å². The molecule has 1 N–H and O–H groups in total. The SMILES string of the molecule is C[C@@H](O)Cc1cccc(Cl)c1. The monoisotopic (exact) mass is 170 g/mol. The largest absolute Gasteiger partial charge is 0.393 e. The van der Waals surface area contributed by atoms with Crippen molar-refractivity contribution in [1.29, 1.82) is 0 Å². The minimum absolute atomic E-state index is 0.298. The number of aliphatic hydroxyl groups is 1. The molecule has 0 aliphatic carbocycles. The van der Waals surface area contributed by atoms with Crippen molar-refractivity contribution in [2.75, 3.05) is 0 Å². The second-order valence-electron chi connectivity index (χ2n) is 2.68. The molecule has 0 amide bonds. The molecular weight excluding hydrogens is 160 g/mol. The quantitative estimate of drug-likeness (QED) is 0.722. The number of hydrogen-bond donors (Lipinski definition) is 1. The van der Waals surface area contributed by atoms with Gasteiger partial charge in [0.2, 0.25) is 0 Å². The maximum atomic E-state index is 9.05. The van der Waals surface area contributed by atoms with Crippen LogP contribution < -0.4 is 0 Å². The fraction of sp³-hybridized carbons (Fsp3) is 0.333. The molecule has 0 saturated heterocycles. The molecule has 0 spiro atoms. The van der Waals surface area contributed by atoms with Gasteiger partial charge in [0.15, 0.2) is 0 Å². The van der Waals surface area contributed by atoms with E-state index in [9.17, 15) is 0 Å². The maximum absolute atomic E-state index is 9.05. The molecule has 1 atom stereocenters. The summed E-state index contributed by atoms with van der Waals surface area (Å²) in [6, 6.07) is 7.54. The van der Waals surface area contributed by atoms with Gasteiger partial charge in [0.1, 0.15) is 0 Å². The smallest absolute Gasteiger partial charge is 0.0552 e. The summed E-state index contributed by atoms with van der Waals surface area (Å²) in [5.74, 6) is 0. The van der Waals surface area contributed by atoms with E-state index in [4.69, 9.17) is 16.7 Å². The van der Waals surface area contributed by atoms with E-state index in [1.165, 1.54) is 0 Å². The van der Waals surface area contributed by atoms with Gasteiger partial charge in [-0.05, 0) is 31.0 Å². The Morgan fingerprint density at radius 3 is 2.82 bits per heavy atom. The molecule has 0 bridgehead atoms. The van der Waals surface area contributed by atoms with Gasteiger partial charge in [0.05, 0.1) is 6.10 Å². The molecule has 1 nitrogen and oxygen atoms in total. The second-order valence-corrected chi connectivity index (χ2v) is 3.12. The van der Waals surface area contributed by atoms with Gasteiger partial charge in [-0.1, -0.05) is 23.7 Å². The summed E-state index contributed by atoms with van der Waals surface area (Å²) in [5, 5.41) is 9.78. The van der Waals surface area contributed by atoms with Crippen molar-refractivity contribution < 1.29 is 5.11 Å². The average molecular weight is 171 g/mol. The highest BCUT2D eigenvalue weighted by molar-refractivity contribution is 6.30. The molecule has 0 heterocycles. The molecule has 0 aliphatic rings. The topological polar surface area (TPSA) is 20.2 Å². The van der Waals surface area contributed by atoms with Crippen molar-refractivity contribution >= 4 is 11.6 Å². The Bertz CT molecular complexity index is 233. The Morgan fingerprint density at radius 1 is 1.55 bits per heavy atom. The summed E-state index contributed by atoms with van der Waals surface area (Å²) in [4.78, 5) is 0. The van der Waals surface area contributed by atoms with E-state index in [2.05, 4.69) is 0 Å². The van der Waals surface area contributed by atoms with Crippen LogP contribution >= 0.6 is 11.6 Å². The van der Waals surface area contributed by atoms with Gasteiger partial charge in [-0.15, -0.1) is 0 Å². The number of rotatable bonds is 2. The molecule has 0 aromatic heterocycles. The first kappa shape index (κ1) is 8.57. The molecule has 0 aliphatic heterocycles. The van der Waals surface area contributed by atoms with E-state index in [1.54, 1.807) is 6.92 Å². The standard InChI is InChI=1S/C9H11ClO/c1-7(11)5-8-3-2-4-9(10)6-8/h2-4,6-7,11H,5H2,1H3/t7-/m1/s1. The van der Waals surface area contributed by atoms with Crippen LogP contribution in [-0.4, -0.2) is 11.2 Å². The Labute approximate surface area is 71.6 Å². The zero-order valence-corrected chi connectivity index (χ0v) is 7.17. The maximum Gasteiger partial charge on any atom is 0.0552 e. The number of aliphatic hydroxyl groups excluding tert-OH is 1. The second kappa shape index (κ2) is 3.74. The van der Waals surface area contributed by atoms with Crippen molar-refractivity contribution in [3.05, 3.63) is 34.9 Å². The Hall–Kier alpha value is -0.530. The minimum atomic E-state index is -0.298. The number of hydrogen-bond acceptors (Lipinski definition) is 1. The zero-order valence-electron chi connectivity index (χ0n) is 6.42. The lowest BCUT2D eigenvalue weighted by Gasteiger charge is -2.03. The van der Waals surface area contributed by atoms with Gasteiger partial charge in [-0.25, -0.2) is 0 Å². The third-order valence-electron chi connectivity index (χ3n) is 1.42. The summed E-state index contributed by atoms with van der Waals surface area (Å²) in [6.07, 6.45) is 0.370. The molecular formula is C9H11ClO. The van der Waals surface area contributed by atoms with Crippen LogP contribution in [0.3, 0.4) is 0 Å². The fourth-order valence-corrected chi connectivity index (χ4v) is 1.22. The molecule has 1 aromatic rings. The third kappa shape index (κ3) is 2.91. The van der Waals surface area contributed by atoms with Crippen LogP contribution in [0.5, 0.6) is 0 Å². The molecule has 0 unspecified atom stereocenters. The van der Waals surface area contributed by atoms with Gasteiger partial charge >= 0.3 is 0 Å². The molecule has 1 aromatic carbocycles. The van der Waals surface area contributed by atoms with Crippen molar-refractivity contribution in [2.24, 2.45) is 0 Å². The van der Waals surface area contributed by atoms with Crippen LogP contribution in [0, 0.1) is 0 Å². The molecule has 0 radical (unpaired) electrons. The lowest BCUT2D eigenvalue weighted by atomic mass is 10.1. The Kier molecular flexibility index (Phi) is 2.92. The zero-order chi connectivity index (χ0) is 8.27. The van der Waals surface area contributed by atoms with Crippen LogP contribution in [0.2, 0.25) is 5.02 Å². The number of benzene rings is 1. The van der Waals surface area contributed by atoms with Crippen LogP contribution in [0.25, 0.3) is 0 Å². The summed E-state index contributed by atoms with van der Waals surface area (Å²) in [5.41, 5.74) is 1.08. The summed E-state index contributed by atoms with van der Waals surface area (Å²) in [6.45, 7) is 1.76. The highest BCUT2D eigenvalue weighted by Crippen LogP contribution is 2.11. The van der Waals surface area contributed by atoms with Crippen molar-refractivity contribution in [3.63, 3.8) is 0 Å². The van der Waals surface area contributed by atoms with Crippen LogP contribution in [0.15, 0.2) is 24.3 Å². The molecule has 1 rings (SSSR count). The molecule has 60 valence electrons. The summed E-state index contributed by atoms with van der Waals surface area (Å²) >= 11 is 5.75. The first-order chi connectivity index (χ1) is 5.18. The molecule has 2 heteroatoms. The predicted molar refractivity (Wildman–Crippen MR) is 46.8 cm³/mol. The predicted octanol–water partition coefficient (Wildman–Crippen LogP) is 2.26. The van der Waals surface area contributed by atoms with E-state index in [0.29, 0.717) is 6.42 Å². The summed E-state index contributed by atoms with van der Waals surface area (Å²) in [7, 11) is 0. The van der Waals surface area contributed by atoms with E-state index >= 15 is 0 Å². The van der Waals surface area contributed by atoms with Gasteiger partial charge in [-0.2, -0.15) is 0 Å². The first-order valence-corrected chi connectivity index (χ1v) is 3.99. The lowest BCUT2D eigenvalue weighted by Crippen LogP contribution is -2.03. The van der Waals surface area contributed by atoms with E-state index < -0.39 is 0 Å². The molecule has 0 fully saturated rings. The van der Waals surface area contributed by atoms with E-state index in [-0.39, 0.29) is 6.10 Å². The summed E-state index contributed by atoms with van der Waals surface area (Å²) < 4.78 is 0. The van der Waals surface area contributed by atoms with Gasteiger partial charge in [0.25, 0.3) is 0 Å².